The van der Waals surface area contributed by atoms with Gasteiger partial charge in [-0.15, -0.1) is 0 Å². The van der Waals surface area contributed by atoms with Crippen LogP contribution in [0.25, 0.3) is 0 Å². The first-order valence-electron chi connectivity index (χ1n) is 9.02. The normalized spacial score (nSPS) is 10.0. The highest BCUT2D eigenvalue weighted by Gasteiger charge is 2.15. The minimum Gasteiger partial charge on any atom is -0.493 e. The Balaban J connectivity index is 1.84. The molecule has 0 unspecified atom stereocenters. The van der Waals surface area contributed by atoms with Crippen LogP contribution in [0.2, 0.25) is 0 Å². The van der Waals surface area contributed by atoms with Gasteiger partial charge in [0.05, 0.1) is 19.3 Å². The molecule has 3 N–H and O–H groups in total. The average molecular weight is 512 g/mol. The van der Waals surface area contributed by atoms with Crippen LogP contribution in [0.1, 0.15) is 10.4 Å². The summed E-state index contributed by atoms with van der Waals surface area (Å²) >= 11 is 8.38. The molecule has 0 aliphatic carbocycles. The zero-order valence-electron chi connectivity index (χ0n) is 16.9. The van der Waals surface area contributed by atoms with E-state index in [1.54, 1.807) is 49.6 Å². The fourth-order valence-corrected chi connectivity index (χ4v) is 2.79. The van der Waals surface area contributed by atoms with Gasteiger partial charge in [0.25, 0.3) is 11.8 Å². The third-order valence-electron chi connectivity index (χ3n) is 3.70. The summed E-state index contributed by atoms with van der Waals surface area (Å²) in [5.74, 6) is 0.282. The Morgan fingerprint density at radius 1 is 0.968 bits per heavy atom. The van der Waals surface area contributed by atoms with Crippen LogP contribution in [0.15, 0.2) is 46.9 Å². The second-order valence-corrected chi connectivity index (χ2v) is 7.20. The lowest BCUT2D eigenvalue weighted by atomic mass is 10.2. The minimum atomic E-state index is -0.509. The maximum Gasteiger partial charge on any atom is 0.276 e. The molecule has 0 heterocycles. The maximum atomic E-state index is 12.6. The summed E-state index contributed by atoms with van der Waals surface area (Å²) in [4.78, 5) is 24.5. The monoisotopic (exact) mass is 511 g/mol. The topological polar surface area (TPSA) is 107 Å². The Kier molecular flexibility index (Phi) is 10.0. The van der Waals surface area contributed by atoms with Crippen molar-refractivity contribution in [1.29, 1.82) is 0 Å². The van der Waals surface area contributed by atoms with E-state index in [4.69, 9.17) is 31.2 Å². The van der Waals surface area contributed by atoms with Crippen molar-refractivity contribution < 1.29 is 28.5 Å². The number of hydrogen-bond donors (Lipinski definition) is 3. The first-order valence-corrected chi connectivity index (χ1v) is 10.2. The van der Waals surface area contributed by atoms with Crippen LogP contribution in [0, 0.1) is 0 Å². The first kappa shape index (κ1) is 24.4. The number of hydrazine groups is 1. The molecule has 0 aromatic heterocycles. The molecule has 31 heavy (non-hydrogen) atoms. The molecule has 0 radical (unpaired) electrons. The molecule has 2 aromatic carbocycles. The number of hydrogen-bond acceptors (Lipinski definition) is 7. The fourth-order valence-electron chi connectivity index (χ4n) is 2.29. The highest BCUT2D eigenvalue weighted by atomic mass is 79.9. The Morgan fingerprint density at radius 3 is 2.42 bits per heavy atom. The van der Waals surface area contributed by atoms with E-state index >= 15 is 0 Å². The summed E-state index contributed by atoms with van der Waals surface area (Å²) in [7, 11) is 3.06. The summed E-state index contributed by atoms with van der Waals surface area (Å²) in [5, 5.41) is 2.38. The summed E-state index contributed by atoms with van der Waals surface area (Å²) < 4.78 is 21.8. The van der Waals surface area contributed by atoms with Crippen molar-refractivity contribution in [2.24, 2.45) is 0 Å². The van der Waals surface area contributed by atoms with E-state index in [2.05, 4.69) is 32.1 Å². The van der Waals surface area contributed by atoms with Gasteiger partial charge in [-0.3, -0.25) is 25.8 Å². The van der Waals surface area contributed by atoms with Gasteiger partial charge in [0.1, 0.15) is 12.4 Å². The molecular formula is C20H22BrN3O6S. The number of halogens is 1. The summed E-state index contributed by atoms with van der Waals surface area (Å²) in [6.07, 6.45) is 0. The molecule has 0 spiro atoms. The molecule has 0 fully saturated rings. The molecule has 166 valence electrons. The minimum absolute atomic E-state index is 0.0986. The van der Waals surface area contributed by atoms with Crippen molar-refractivity contribution in [1.82, 2.24) is 16.2 Å². The largest absolute Gasteiger partial charge is 0.493 e. The number of amides is 2. The van der Waals surface area contributed by atoms with E-state index < -0.39 is 11.8 Å². The van der Waals surface area contributed by atoms with Crippen LogP contribution in [-0.2, 0) is 9.53 Å². The second-order valence-electron chi connectivity index (χ2n) is 5.88. The Morgan fingerprint density at radius 2 is 1.71 bits per heavy atom. The number of nitrogens with one attached hydrogen (secondary N) is 3. The van der Waals surface area contributed by atoms with E-state index in [0.29, 0.717) is 28.3 Å². The van der Waals surface area contributed by atoms with Crippen LogP contribution >= 0.6 is 28.1 Å². The van der Waals surface area contributed by atoms with Gasteiger partial charge in [0.15, 0.2) is 23.2 Å². The maximum absolute atomic E-state index is 12.6. The van der Waals surface area contributed by atoms with Gasteiger partial charge in [-0.2, -0.15) is 0 Å². The predicted octanol–water partition coefficient (Wildman–Crippen LogP) is 2.20. The molecular weight excluding hydrogens is 490 g/mol. The Labute approximate surface area is 193 Å². The number of methoxy groups -OCH3 is 2. The number of rotatable bonds is 9. The van der Waals surface area contributed by atoms with Crippen LogP contribution in [0.3, 0.4) is 0 Å². The lowest BCUT2D eigenvalue weighted by molar-refractivity contribution is -0.123. The quantitative estimate of drug-likeness (QED) is 0.267. The number of carbonyl (C=O) groups is 2. The van der Waals surface area contributed by atoms with Crippen molar-refractivity contribution in [3.05, 3.63) is 52.5 Å². The van der Waals surface area contributed by atoms with Gasteiger partial charge < -0.3 is 18.9 Å². The van der Waals surface area contributed by atoms with Crippen molar-refractivity contribution in [2.45, 2.75) is 0 Å². The molecule has 2 aromatic rings. The molecule has 0 aliphatic heterocycles. The van der Waals surface area contributed by atoms with E-state index in [-0.39, 0.29) is 23.9 Å². The predicted molar refractivity (Wildman–Crippen MR) is 121 cm³/mol. The molecule has 0 aliphatic rings. The molecule has 2 rings (SSSR count). The highest BCUT2D eigenvalue weighted by Crippen LogP contribution is 2.25. The van der Waals surface area contributed by atoms with Gasteiger partial charge in [0.2, 0.25) is 0 Å². The highest BCUT2D eigenvalue weighted by molar-refractivity contribution is 9.10. The Bertz CT molecular complexity index is 928. The lowest BCUT2D eigenvalue weighted by Gasteiger charge is -2.14. The smallest absolute Gasteiger partial charge is 0.276 e. The molecule has 0 atom stereocenters. The third kappa shape index (κ3) is 8.04. The zero-order chi connectivity index (χ0) is 22.6. The van der Waals surface area contributed by atoms with Crippen molar-refractivity contribution in [3.63, 3.8) is 0 Å². The van der Waals surface area contributed by atoms with E-state index in [1.807, 2.05) is 0 Å². The first-order chi connectivity index (χ1) is 14.9. The van der Waals surface area contributed by atoms with Crippen molar-refractivity contribution in [2.75, 3.05) is 34.0 Å². The third-order valence-corrected chi connectivity index (χ3v) is 4.40. The van der Waals surface area contributed by atoms with Crippen LogP contribution in [-0.4, -0.2) is 51.0 Å². The van der Waals surface area contributed by atoms with E-state index in [9.17, 15) is 9.59 Å². The van der Waals surface area contributed by atoms with Gasteiger partial charge in [-0.25, -0.2) is 0 Å². The summed E-state index contributed by atoms with van der Waals surface area (Å²) in [5.41, 5.74) is 5.06. The standard InChI is InChI=1S/C20H22BrN3O6S/c1-27-9-10-29-15-8-7-13(21)11-14(15)19(26)22-20(31)24-23-18(25)12-30-17-6-4-3-5-16(17)28-2/h3-8,11H,9-10,12H2,1-2H3,(H,23,25)(H2,22,24,26,31). The lowest BCUT2D eigenvalue weighted by Crippen LogP contribution is -2.49. The summed E-state index contributed by atoms with van der Waals surface area (Å²) in [6, 6.07) is 11.9. The van der Waals surface area contributed by atoms with E-state index in [0.717, 1.165) is 0 Å². The number of carbonyl (C=O) groups excluding carboxylic acids is 2. The van der Waals surface area contributed by atoms with Gasteiger partial charge in [0, 0.05) is 11.6 Å². The fraction of sp³-hybridized carbons (Fsp3) is 0.250. The number of ether oxygens (including phenoxy) is 4. The van der Waals surface area contributed by atoms with Gasteiger partial charge >= 0.3 is 0 Å². The zero-order valence-corrected chi connectivity index (χ0v) is 19.3. The number of thiocarbonyl (C=S) groups is 1. The second kappa shape index (κ2) is 12.7. The van der Waals surface area contributed by atoms with Crippen LogP contribution < -0.4 is 30.4 Å². The molecule has 0 bridgehead atoms. The van der Waals surface area contributed by atoms with Gasteiger partial charge in [-0.05, 0) is 42.5 Å². The molecule has 11 heteroatoms. The SMILES string of the molecule is COCCOc1ccc(Br)cc1C(=O)NC(=S)NNC(=O)COc1ccccc1OC. The number of para-hydroxylation sites is 2. The molecule has 0 saturated heterocycles. The Hall–Kier alpha value is -2.89. The van der Waals surface area contributed by atoms with Crippen LogP contribution in [0.5, 0.6) is 17.2 Å². The van der Waals surface area contributed by atoms with E-state index in [1.165, 1.54) is 7.11 Å². The number of benzene rings is 2. The molecule has 2 amide bonds. The van der Waals surface area contributed by atoms with Crippen molar-refractivity contribution >= 4 is 45.1 Å². The summed E-state index contributed by atoms with van der Waals surface area (Å²) in [6.45, 7) is 0.371. The molecule has 9 nitrogen and oxygen atoms in total. The van der Waals surface area contributed by atoms with Gasteiger partial charge in [-0.1, -0.05) is 28.1 Å². The van der Waals surface area contributed by atoms with Crippen molar-refractivity contribution in [3.8, 4) is 17.2 Å². The van der Waals surface area contributed by atoms with Crippen LogP contribution in [0.4, 0.5) is 0 Å². The average Bonchev–Trinajstić information content (AvgIpc) is 2.77. The molecule has 0 saturated carbocycles.